The summed E-state index contributed by atoms with van der Waals surface area (Å²) in [6.45, 7) is 1.75. The van der Waals surface area contributed by atoms with Gasteiger partial charge in [-0.15, -0.1) is 11.3 Å². The highest BCUT2D eigenvalue weighted by Crippen LogP contribution is 2.22. The predicted octanol–water partition coefficient (Wildman–Crippen LogP) is 2.19. The van der Waals surface area contributed by atoms with Crippen molar-refractivity contribution in [2.45, 2.75) is 26.2 Å². The number of nitrogens with one attached hydrogen (secondary N) is 1. The zero-order chi connectivity index (χ0) is 12.9. The van der Waals surface area contributed by atoms with Gasteiger partial charge < -0.3 is 0 Å². The maximum atomic E-state index is 11.4. The van der Waals surface area contributed by atoms with Crippen LogP contribution in [0.2, 0.25) is 4.34 Å². The van der Waals surface area contributed by atoms with Crippen LogP contribution in [-0.2, 0) is 21.2 Å². The van der Waals surface area contributed by atoms with Gasteiger partial charge in [0, 0.05) is 11.3 Å². The average molecular weight is 296 g/mol. The molecule has 96 valence electrons. The van der Waals surface area contributed by atoms with Crippen LogP contribution in [0.25, 0.3) is 0 Å². The molecule has 0 aliphatic carbocycles. The van der Waals surface area contributed by atoms with Crippen LogP contribution in [0, 0.1) is 0 Å². The van der Waals surface area contributed by atoms with Crippen LogP contribution in [0.5, 0.6) is 0 Å². The van der Waals surface area contributed by atoms with Gasteiger partial charge in [0.2, 0.25) is 15.9 Å². The number of carbonyl (C=O) groups excluding carboxylic acids is 1. The standard InChI is InChI=1S/C10H14ClNO3S2/c1-2-7-17(14,15)12-10(13)6-4-8-3-5-9(11)16-8/h3,5H,2,4,6-7H2,1H3,(H,12,13). The third kappa shape index (κ3) is 5.52. The molecule has 1 N–H and O–H groups in total. The molecule has 0 radical (unpaired) electrons. The van der Waals surface area contributed by atoms with Crippen LogP contribution in [0.4, 0.5) is 0 Å². The highest BCUT2D eigenvalue weighted by atomic mass is 35.5. The lowest BCUT2D eigenvalue weighted by Crippen LogP contribution is -2.32. The van der Waals surface area contributed by atoms with Gasteiger partial charge in [-0.3, -0.25) is 9.52 Å². The smallest absolute Gasteiger partial charge is 0.234 e. The van der Waals surface area contributed by atoms with Gasteiger partial charge in [-0.2, -0.15) is 0 Å². The molecular weight excluding hydrogens is 282 g/mol. The van der Waals surface area contributed by atoms with Crippen molar-refractivity contribution in [3.63, 3.8) is 0 Å². The molecule has 0 saturated heterocycles. The van der Waals surface area contributed by atoms with E-state index in [4.69, 9.17) is 11.6 Å². The van der Waals surface area contributed by atoms with Gasteiger partial charge in [0.05, 0.1) is 10.1 Å². The maximum absolute atomic E-state index is 11.4. The maximum Gasteiger partial charge on any atom is 0.234 e. The van der Waals surface area contributed by atoms with Crippen molar-refractivity contribution in [2.24, 2.45) is 0 Å². The van der Waals surface area contributed by atoms with Crippen molar-refractivity contribution in [1.29, 1.82) is 0 Å². The summed E-state index contributed by atoms with van der Waals surface area (Å²) >= 11 is 7.14. The number of aryl methyl sites for hydroxylation is 1. The predicted molar refractivity (Wildman–Crippen MR) is 69.9 cm³/mol. The molecule has 0 aliphatic heterocycles. The Labute approximate surface area is 110 Å². The molecule has 0 atom stereocenters. The summed E-state index contributed by atoms with van der Waals surface area (Å²) in [5, 5.41) is 0. The largest absolute Gasteiger partial charge is 0.274 e. The van der Waals surface area contributed by atoms with Crippen molar-refractivity contribution in [3.8, 4) is 0 Å². The summed E-state index contributed by atoms with van der Waals surface area (Å²) < 4.78 is 25.3. The number of carbonyl (C=O) groups is 1. The highest BCUT2D eigenvalue weighted by molar-refractivity contribution is 7.90. The molecule has 1 aromatic heterocycles. The molecule has 0 saturated carbocycles. The molecule has 4 nitrogen and oxygen atoms in total. The van der Waals surface area contributed by atoms with Crippen LogP contribution in [-0.4, -0.2) is 20.1 Å². The summed E-state index contributed by atoms with van der Waals surface area (Å²) in [5.41, 5.74) is 0. The van der Waals surface area contributed by atoms with E-state index in [9.17, 15) is 13.2 Å². The molecule has 17 heavy (non-hydrogen) atoms. The molecule has 1 rings (SSSR count). The van der Waals surface area contributed by atoms with Crippen molar-refractivity contribution >= 4 is 38.9 Å². The fourth-order valence-electron chi connectivity index (χ4n) is 1.27. The lowest BCUT2D eigenvalue weighted by molar-refractivity contribution is -0.119. The average Bonchev–Trinajstić information content (AvgIpc) is 2.60. The molecule has 7 heteroatoms. The summed E-state index contributed by atoms with van der Waals surface area (Å²) in [7, 11) is -3.45. The molecule has 1 aromatic rings. The van der Waals surface area contributed by atoms with Gasteiger partial charge in [-0.1, -0.05) is 18.5 Å². The molecule has 1 amide bonds. The number of amides is 1. The van der Waals surface area contributed by atoms with Gasteiger partial charge in [0.1, 0.15) is 0 Å². The van der Waals surface area contributed by atoms with Gasteiger partial charge in [0.25, 0.3) is 0 Å². The minimum atomic E-state index is -3.45. The zero-order valence-corrected chi connectivity index (χ0v) is 11.8. The Hall–Kier alpha value is -0.590. The van der Waals surface area contributed by atoms with Gasteiger partial charge in [-0.25, -0.2) is 8.42 Å². The van der Waals surface area contributed by atoms with Crippen LogP contribution in [0.3, 0.4) is 0 Å². The molecule has 0 spiro atoms. The third-order valence-electron chi connectivity index (χ3n) is 1.97. The van der Waals surface area contributed by atoms with E-state index < -0.39 is 15.9 Å². The fourth-order valence-corrected chi connectivity index (χ4v) is 3.44. The Kier molecular flexibility index (Phi) is 5.42. The quantitative estimate of drug-likeness (QED) is 0.875. The number of rotatable bonds is 6. The zero-order valence-electron chi connectivity index (χ0n) is 9.40. The number of sulfonamides is 1. The van der Waals surface area contributed by atoms with E-state index in [-0.39, 0.29) is 12.2 Å². The summed E-state index contributed by atoms with van der Waals surface area (Å²) in [5.74, 6) is -0.494. The minimum Gasteiger partial charge on any atom is -0.274 e. The fraction of sp³-hybridized carbons (Fsp3) is 0.500. The van der Waals surface area contributed by atoms with E-state index in [2.05, 4.69) is 0 Å². The second-order valence-corrected chi connectivity index (χ2v) is 7.19. The molecule has 0 aliphatic rings. The van der Waals surface area contributed by atoms with Crippen molar-refractivity contribution in [2.75, 3.05) is 5.75 Å². The van der Waals surface area contributed by atoms with Crippen LogP contribution in [0.15, 0.2) is 12.1 Å². The van der Waals surface area contributed by atoms with Gasteiger partial charge in [-0.05, 0) is 25.0 Å². The Bertz CT molecular complexity index is 481. The van der Waals surface area contributed by atoms with Crippen LogP contribution < -0.4 is 4.72 Å². The summed E-state index contributed by atoms with van der Waals surface area (Å²) in [4.78, 5) is 12.4. The van der Waals surface area contributed by atoms with Crippen molar-refractivity contribution in [3.05, 3.63) is 21.3 Å². The summed E-state index contributed by atoms with van der Waals surface area (Å²) in [6.07, 6.45) is 1.15. The number of hydrogen-bond donors (Lipinski definition) is 1. The monoisotopic (exact) mass is 295 g/mol. The van der Waals surface area contributed by atoms with E-state index in [1.807, 2.05) is 10.8 Å². The third-order valence-corrected chi connectivity index (χ3v) is 4.74. The van der Waals surface area contributed by atoms with Crippen molar-refractivity contribution in [1.82, 2.24) is 4.72 Å². The molecule has 0 aromatic carbocycles. The lowest BCUT2D eigenvalue weighted by atomic mass is 10.2. The van der Waals surface area contributed by atoms with E-state index in [0.717, 1.165) is 4.88 Å². The number of halogens is 1. The van der Waals surface area contributed by atoms with E-state index >= 15 is 0 Å². The summed E-state index contributed by atoms with van der Waals surface area (Å²) in [6, 6.07) is 3.59. The SMILES string of the molecule is CCCS(=O)(=O)NC(=O)CCc1ccc(Cl)s1. The Morgan fingerprint density at radius 3 is 2.71 bits per heavy atom. The molecule has 0 fully saturated rings. The Balaban J connectivity index is 2.40. The minimum absolute atomic E-state index is 0.0242. The van der Waals surface area contributed by atoms with E-state index in [0.29, 0.717) is 17.2 Å². The first-order valence-corrected chi connectivity index (χ1v) is 8.05. The first-order valence-electron chi connectivity index (χ1n) is 5.20. The molecular formula is C10H14ClNO3S2. The molecule has 1 heterocycles. The highest BCUT2D eigenvalue weighted by Gasteiger charge is 2.13. The topological polar surface area (TPSA) is 63.2 Å². The van der Waals surface area contributed by atoms with Gasteiger partial charge in [0.15, 0.2) is 0 Å². The van der Waals surface area contributed by atoms with Crippen LogP contribution >= 0.6 is 22.9 Å². The number of thiophene rings is 1. The molecule has 0 bridgehead atoms. The first-order chi connectivity index (χ1) is 7.93. The second-order valence-electron chi connectivity index (χ2n) is 3.55. The Morgan fingerprint density at radius 1 is 1.47 bits per heavy atom. The van der Waals surface area contributed by atoms with E-state index in [1.165, 1.54) is 11.3 Å². The van der Waals surface area contributed by atoms with E-state index in [1.54, 1.807) is 13.0 Å². The second kappa shape index (κ2) is 6.37. The van der Waals surface area contributed by atoms with Gasteiger partial charge >= 0.3 is 0 Å². The normalized spacial score (nSPS) is 11.4. The first kappa shape index (κ1) is 14.5. The lowest BCUT2D eigenvalue weighted by Gasteiger charge is -2.04. The number of hydrogen-bond acceptors (Lipinski definition) is 4. The molecule has 0 unspecified atom stereocenters. The van der Waals surface area contributed by atoms with Crippen molar-refractivity contribution < 1.29 is 13.2 Å². The Morgan fingerprint density at radius 2 is 2.18 bits per heavy atom. The van der Waals surface area contributed by atoms with Crippen LogP contribution in [0.1, 0.15) is 24.6 Å².